The second-order valence-electron chi connectivity index (χ2n) is 7.12. The Labute approximate surface area is 171 Å². The van der Waals surface area contributed by atoms with Crippen molar-refractivity contribution in [3.63, 3.8) is 0 Å². The second kappa shape index (κ2) is 7.22. The molecule has 1 aromatic carbocycles. The van der Waals surface area contributed by atoms with Crippen LogP contribution in [0.25, 0.3) is 11.1 Å². The number of aromatic nitrogens is 1. The third kappa shape index (κ3) is 3.94. The van der Waals surface area contributed by atoms with Crippen LogP contribution >= 0.6 is 0 Å². The number of nitrogens with zero attached hydrogens (tertiary/aromatic N) is 2. The monoisotopic (exact) mass is 444 g/mol. The van der Waals surface area contributed by atoms with Gasteiger partial charge in [-0.15, -0.1) is 0 Å². The molecule has 0 saturated carbocycles. The number of carbonyl (C=O) groups excluding carboxylic acids is 2. The molecule has 1 atom stereocenters. The Balaban J connectivity index is 1.83. The standard InChI is InChI=1S/C19H14F6N4O2/c20-18(21,22)11-3-9(4-12(6-11)19(23,24)25)10-5-13-15(27-7-10)28-16(30)14-8-26-1-2-29(14)17(13)31/h3-7,14,26H,1-2,8H2,(H,27,28,30). The number of anilines is 1. The van der Waals surface area contributed by atoms with Crippen molar-refractivity contribution in [2.45, 2.75) is 18.4 Å². The summed E-state index contributed by atoms with van der Waals surface area (Å²) >= 11 is 0. The number of alkyl halides is 6. The normalized spacial score (nSPS) is 19.4. The van der Waals surface area contributed by atoms with Crippen LogP contribution in [0, 0.1) is 0 Å². The zero-order valence-corrected chi connectivity index (χ0v) is 15.6. The summed E-state index contributed by atoms with van der Waals surface area (Å²) in [6.07, 6.45) is -9.00. The smallest absolute Gasteiger partial charge is 0.324 e. The van der Waals surface area contributed by atoms with Gasteiger partial charge in [-0.05, 0) is 29.8 Å². The number of hydrogen-bond donors (Lipinski definition) is 2. The van der Waals surface area contributed by atoms with Crippen molar-refractivity contribution in [2.24, 2.45) is 0 Å². The van der Waals surface area contributed by atoms with Crippen LogP contribution < -0.4 is 10.6 Å². The summed E-state index contributed by atoms with van der Waals surface area (Å²) in [5.41, 5.74) is -3.59. The van der Waals surface area contributed by atoms with Gasteiger partial charge in [0.1, 0.15) is 11.9 Å². The zero-order valence-electron chi connectivity index (χ0n) is 15.6. The molecule has 3 heterocycles. The van der Waals surface area contributed by atoms with E-state index in [1.54, 1.807) is 0 Å². The van der Waals surface area contributed by atoms with Gasteiger partial charge in [0, 0.05) is 31.4 Å². The van der Waals surface area contributed by atoms with E-state index in [9.17, 15) is 35.9 Å². The van der Waals surface area contributed by atoms with Gasteiger partial charge in [-0.3, -0.25) is 9.59 Å². The van der Waals surface area contributed by atoms with Crippen LogP contribution in [0.5, 0.6) is 0 Å². The van der Waals surface area contributed by atoms with Crippen molar-refractivity contribution in [3.8, 4) is 11.1 Å². The van der Waals surface area contributed by atoms with Gasteiger partial charge in [0.15, 0.2) is 0 Å². The van der Waals surface area contributed by atoms with E-state index in [-0.39, 0.29) is 36.1 Å². The van der Waals surface area contributed by atoms with Crippen molar-refractivity contribution in [3.05, 3.63) is 47.2 Å². The number of nitrogens with one attached hydrogen (secondary N) is 2. The van der Waals surface area contributed by atoms with Crippen molar-refractivity contribution in [1.29, 1.82) is 0 Å². The highest BCUT2D eigenvalue weighted by Gasteiger charge is 2.39. The van der Waals surface area contributed by atoms with Crippen LogP contribution in [0.4, 0.5) is 32.2 Å². The van der Waals surface area contributed by atoms with Gasteiger partial charge in [0.2, 0.25) is 5.91 Å². The summed E-state index contributed by atoms with van der Waals surface area (Å²) < 4.78 is 79.0. The number of halogens is 6. The van der Waals surface area contributed by atoms with E-state index in [0.717, 1.165) is 12.3 Å². The number of hydrogen-bond acceptors (Lipinski definition) is 4. The first kappa shape index (κ1) is 21.1. The minimum atomic E-state index is -5.01. The highest BCUT2D eigenvalue weighted by atomic mass is 19.4. The van der Waals surface area contributed by atoms with Gasteiger partial charge >= 0.3 is 12.4 Å². The van der Waals surface area contributed by atoms with Gasteiger partial charge in [0.25, 0.3) is 5.91 Å². The lowest BCUT2D eigenvalue weighted by molar-refractivity contribution is -0.143. The van der Waals surface area contributed by atoms with Crippen LogP contribution in [0.2, 0.25) is 0 Å². The van der Waals surface area contributed by atoms with Crippen LogP contribution in [-0.4, -0.2) is 47.4 Å². The van der Waals surface area contributed by atoms with E-state index in [1.807, 2.05) is 0 Å². The number of rotatable bonds is 1. The fourth-order valence-electron chi connectivity index (χ4n) is 3.54. The molecule has 1 aromatic heterocycles. The zero-order chi connectivity index (χ0) is 22.6. The molecule has 2 aliphatic heterocycles. The average molecular weight is 444 g/mol. The molecule has 1 unspecified atom stereocenters. The van der Waals surface area contributed by atoms with E-state index in [2.05, 4.69) is 15.6 Å². The quantitative estimate of drug-likeness (QED) is 0.663. The van der Waals surface area contributed by atoms with E-state index in [1.165, 1.54) is 4.90 Å². The number of amides is 2. The molecule has 2 amide bonds. The van der Waals surface area contributed by atoms with Gasteiger partial charge in [0.05, 0.1) is 16.7 Å². The Kier molecular flexibility index (Phi) is 4.91. The molecule has 0 bridgehead atoms. The summed E-state index contributed by atoms with van der Waals surface area (Å²) in [4.78, 5) is 30.6. The molecular weight excluding hydrogens is 430 g/mol. The van der Waals surface area contributed by atoms with Crippen LogP contribution in [0.1, 0.15) is 21.5 Å². The van der Waals surface area contributed by atoms with Gasteiger partial charge in [-0.2, -0.15) is 26.3 Å². The molecular formula is C19H14F6N4O2. The Morgan fingerprint density at radius 3 is 2.19 bits per heavy atom. The first-order valence-corrected chi connectivity index (χ1v) is 9.07. The fourth-order valence-corrected chi connectivity index (χ4v) is 3.54. The number of fused-ring (bicyclic) bond motifs is 2. The van der Waals surface area contributed by atoms with Crippen LogP contribution in [-0.2, 0) is 17.1 Å². The van der Waals surface area contributed by atoms with Crippen molar-refractivity contribution >= 4 is 17.6 Å². The minimum absolute atomic E-state index is 0.0249. The Morgan fingerprint density at radius 1 is 0.935 bits per heavy atom. The van der Waals surface area contributed by atoms with Gasteiger partial charge in [-0.25, -0.2) is 4.98 Å². The summed E-state index contributed by atoms with van der Waals surface area (Å²) in [6.45, 7) is 0.851. The molecule has 12 heteroatoms. The topological polar surface area (TPSA) is 74.3 Å². The van der Waals surface area contributed by atoms with Crippen LogP contribution in [0.15, 0.2) is 30.5 Å². The minimum Gasteiger partial charge on any atom is -0.324 e. The summed E-state index contributed by atoms with van der Waals surface area (Å²) in [7, 11) is 0. The van der Waals surface area contributed by atoms with Crippen molar-refractivity contribution < 1.29 is 35.9 Å². The first-order valence-electron chi connectivity index (χ1n) is 9.07. The summed E-state index contributed by atoms with van der Waals surface area (Å²) in [5, 5.41) is 5.47. The predicted molar refractivity (Wildman–Crippen MR) is 96.0 cm³/mol. The fraction of sp³-hybridized carbons (Fsp3) is 0.316. The molecule has 1 fully saturated rings. The Bertz CT molecular complexity index is 1030. The Morgan fingerprint density at radius 2 is 1.58 bits per heavy atom. The molecule has 0 radical (unpaired) electrons. The largest absolute Gasteiger partial charge is 0.416 e. The third-order valence-electron chi connectivity index (χ3n) is 5.09. The number of pyridine rings is 1. The molecule has 2 N–H and O–H groups in total. The molecule has 2 aliphatic rings. The maximum Gasteiger partial charge on any atom is 0.416 e. The molecule has 2 aromatic rings. The average Bonchev–Trinajstić information content (AvgIpc) is 2.81. The summed E-state index contributed by atoms with van der Waals surface area (Å²) in [5.74, 6) is -1.17. The molecule has 0 aliphatic carbocycles. The lowest BCUT2D eigenvalue weighted by Crippen LogP contribution is -2.57. The lowest BCUT2D eigenvalue weighted by Gasteiger charge is -2.33. The molecule has 31 heavy (non-hydrogen) atoms. The maximum atomic E-state index is 13.2. The third-order valence-corrected chi connectivity index (χ3v) is 5.09. The van der Waals surface area contributed by atoms with Crippen molar-refractivity contribution in [2.75, 3.05) is 25.0 Å². The van der Waals surface area contributed by atoms with Crippen molar-refractivity contribution in [1.82, 2.24) is 15.2 Å². The molecule has 4 rings (SSSR count). The van der Waals surface area contributed by atoms with E-state index in [0.29, 0.717) is 18.7 Å². The summed E-state index contributed by atoms with van der Waals surface area (Å²) in [6, 6.07) is 1.49. The number of carbonyl (C=O) groups is 2. The Hall–Kier alpha value is -3.15. The SMILES string of the molecule is O=C1Nc2ncc(-c3cc(C(F)(F)F)cc(C(F)(F)F)c3)cc2C(=O)N2CCNCC12. The lowest BCUT2D eigenvalue weighted by atomic mass is 9.99. The molecule has 0 spiro atoms. The molecule has 164 valence electrons. The van der Waals surface area contributed by atoms with E-state index in [4.69, 9.17) is 0 Å². The van der Waals surface area contributed by atoms with Gasteiger partial charge < -0.3 is 15.5 Å². The molecule has 6 nitrogen and oxygen atoms in total. The van der Waals surface area contributed by atoms with Gasteiger partial charge in [-0.1, -0.05) is 0 Å². The van der Waals surface area contributed by atoms with Crippen LogP contribution in [0.3, 0.4) is 0 Å². The number of benzene rings is 1. The highest BCUT2D eigenvalue weighted by molar-refractivity contribution is 6.09. The van der Waals surface area contributed by atoms with E-state index >= 15 is 0 Å². The van der Waals surface area contributed by atoms with E-state index < -0.39 is 46.9 Å². The maximum absolute atomic E-state index is 13.2. The second-order valence-corrected chi connectivity index (χ2v) is 7.12. The number of piperazine rings is 1. The highest BCUT2D eigenvalue weighted by Crippen LogP contribution is 2.39. The molecule has 1 saturated heterocycles. The predicted octanol–water partition coefficient (Wildman–Crippen LogP) is 3.15. The first-order chi connectivity index (χ1) is 14.4.